The van der Waals surface area contributed by atoms with Gasteiger partial charge in [0.05, 0.1) is 23.2 Å². The van der Waals surface area contributed by atoms with Gasteiger partial charge in [-0.3, -0.25) is 4.68 Å². The van der Waals surface area contributed by atoms with Crippen LogP contribution in [0.1, 0.15) is 42.3 Å². The summed E-state index contributed by atoms with van der Waals surface area (Å²) in [5.41, 5.74) is 3.18. The summed E-state index contributed by atoms with van der Waals surface area (Å²) >= 11 is 0. The minimum Gasteiger partial charge on any atom is -0.396 e. The summed E-state index contributed by atoms with van der Waals surface area (Å²) in [6, 6.07) is -0.0168. The minimum atomic E-state index is -2.89. The summed E-state index contributed by atoms with van der Waals surface area (Å²) in [4.78, 5) is 0. The SMILES string of the molecule is Cc1nn(C2CCS(=O)(=O)C2)c(C)c1CNCCCCO. The Balaban J connectivity index is 2.01. The highest BCUT2D eigenvalue weighted by Gasteiger charge is 2.31. The van der Waals surface area contributed by atoms with Crippen LogP contribution in [0.15, 0.2) is 0 Å². The van der Waals surface area contributed by atoms with E-state index >= 15 is 0 Å². The first-order valence-corrected chi connectivity index (χ1v) is 9.33. The molecule has 2 heterocycles. The Morgan fingerprint density at radius 3 is 2.76 bits per heavy atom. The van der Waals surface area contributed by atoms with Crippen molar-refractivity contribution in [2.75, 3.05) is 24.7 Å². The van der Waals surface area contributed by atoms with Crippen LogP contribution >= 0.6 is 0 Å². The second-order valence-corrected chi connectivity index (χ2v) is 7.99. The number of aliphatic hydroxyl groups excluding tert-OH is 1. The number of sulfone groups is 1. The normalized spacial score (nSPS) is 21.0. The smallest absolute Gasteiger partial charge is 0.152 e. The van der Waals surface area contributed by atoms with Crippen molar-refractivity contribution < 1.29 is 13.5 Å². The zero-order valence-corrected chi connectivity index (χ0v) is 13.6. The number of rotatable bonds is 7. The van der Waals surface area contributed by atoms with Crippen molar-refractivity contribution in [3.05, 3.63) is 17.0 Å². The number of aryl methyl sites for hydroxylation is 1. The van der Waals surface area contributed by atoms with Gasteiger partial charge in [0.15, 0.2) is 9.84 Å². The second kappa shape index (κ2) is 6.89. The molecule has 2 N–H and O–H groups in total. The van der Waals surface area contributed by atoms with Crippen LogP contribution in [0.4, 0.5) is 0 Å². The van der Waals surface area contributed by atoms with Gasteiger partial charge in [-0.05, 0) is 39.7 Å². The van der Waals surface area contributed by atoms with Crippen molar-refractivity contribution in [3.8, 4) is 0 Å². The maximum Gasteiger partial charge on any atom is 0.152 e. The van der Waals surface area contributed by atoms with Crippen LogP contribution in [0.3, 0.4) is 0 Å². The fourth-order valence-corrected chi connectivity index (χ4v) is 4.54. The van der Waals surface area contributed by atoms with Gasteiger partial charge in [-0.25, -0.2) is 8.42 Å². The molecule has 0 bridgehead atoms. The lowest BCUT2D eigenvalue weighted by Gasteiger charge is -2.11. The van der Waals surface area contributed by atoms with Crippen LogP contribution in [0.2, 0.25) is 0 Å². The molecule has 2 rings (SSSR count). The zero-order valence-electron chi connectivity index (χ0n) is 12.8. The number of unbranched alkanes of at least 4 members (excludes halogenated alkanes) is 1. The van der Waals surface area contributed by atoms with E-state index in [4.69, 9.17) is 5.11 Å². The van der Waals surface area contributed by atoms with Crippen LogP contribution in [0.25, 0.3) is 0 Å². The summed E-state index contributed by atoms with van der Waals surface area (Å²) in [7, 11) is -2.89. The number of hydrogen-bond acceptors (Lipinski definition) is 5. The van der Waals surface area contributed by atoms with Crippen LogP contribution in [-0.2, 0) is 16.4 Å². The van der Waals surface area contributed by atoms with E-state index in [0.717, 1.165) is 42.9 Å². The number of nitrogens with one attached hydrogen (secondary N) is 1. The summed E-state index contributed by atoms with van der Waals surface area (Å²) in [6.45, 7) is 5.81. The van der Waals surface area contributed by atoms with Crippen LogP contribution in [0.5, 0.6) is 0 Å². The molecule has 0 spiro atoms. The van der Waals surface area contributed by atoms with Crippen molar-refractivity contribution in [2.24, 2.45) is 0 Å². The predicted octanol–water partition coefficient (Wildman–Crippen LogP) is 0.722. The van der Waals surface area contributed by atoms with Gasteiger partial charge >= 0.3 is 0 Å². The quantitative estimate of drug-likeness (QED) is 0.724. The van der Waals surface area contributed by atoms with E-state index in [9.17, 15) is 8.42 Å². The van der Waals surface area contributed by atoms with E-state index in [2.05, 4.69) is 10.4 Å². The van der Waals surface area contributed by atoms with Crippen LogP contribution < -0.4 is 5.32 Å². The Labute approximate surface area is 126 Å². The summed E-state index contributed by atoms with van der Waals surface area (Å²) in [5, 5.41) is 16.6. The Morgan fingerprint density at radius 1 is 1.38 bits per heavy atom. The monoisotopic (exact) mass is 315 g/mol. The topological polar surface area (TPSA) is 84.2 Å². The average molecular weight is 315 g/mol. The van der Waals surface area contributed by atoms with E-state index in [1.54, 1.807) is 0 Å². The molecule has 1 fully saturated rings. The molecule has 0 aromatic carbocycles. The molecule has 0 saturated carbocycles. The van der Waals surface area contributed by atoms with Crippen molar-refractivity contribution >= 4 is 9.84 Å². The van der Waals surface area contributed by atoms with Crippen molar-refractivity contribution in [1.29, 1.82) is 0 Å². The van der Waals surface area contributed by atoms with Gasteiger partial charge in [0.2, 0.25) is 0 Å². The predicted molar refractivity (Wildman–Crippen MR) is 82.0 cm³/mol. The summed E-state index contributed by atoms with van der Waals surface area (Å²) in [5.74, 6) is 0.475. The molecule has 0 radical (unpaired) electrons. The molecule has 1 aromatic rings. The maximum atomic E-state index is 11.6. The largest absolute Gasteiger partial charge is 0.396 e. The fourth-order valence-electron chi connectivity index (χ4n) is 2.85. The van der Waals surface area contributed by atoms with Gasteiger partial charge < -0.3 is 10.4 Å². The third-order valence-corrected chi connectivity index (χ3v) is 5.84. The van der Waals surface area contributed by atoms with Gasteiger partial charge in [-0.2, -0.15) is 5.10 Å². The summed E-state index contributed by atoms with van der Waals surface area (Å²) < 4.78 is 25.1. The number of hydrogen-bond donors (Lipinski definition) is 2. The molecule has 1 unspecified atom stereocenters. The first-order valence-electron chi connectivity index (χ1n) is 7.51. The van der Waals surface area contributed by atoms with Crippen molar-refractivity contribution in [1.82, 2.24) is 15.1 Å². The van der Waals surface area contributed by atoms with E-state index in [1.165, 1.54) is 0 Å². The Hall–Kier alpha value is -0.920. The van der Waals surface area contributed by atoms with Gasteiger partial charge in [-0.1, -0.05) is 0 Å². The van der Waals surface area contributed by atoms with E-state index in [0.29, 0.717) is 6.42 Å². The molecule has 0 aliphatic carbocycles. The van der Waals surface area contributed by atoms with Crippen LogP contribution in [0, 0.1) is 13.8 Å². The molecule has 1 aliphatic rings. The molecule has 1 atom stereocenters. The first-order chi connectivity index (χ1) is 9.94. The molecule has 0 amide bonds. The van der Waals surface area contributed by atoms with E-state index < -0.39 is 9.84 Å². The minimum absolute atomic E-state index is 0.0168. The Kier molecular flexibility index (Phi) is 5.40. The molecular formula is C14H25N3O3S. The second-order valence-electron chi connectivity index (χ2n) is 5.76. The molecule has 21 heavy (non-hydrogen) atoms. The molecule has 120 valence electrons. The van der Waals surface area contributed by atoms with Gasteiger partial charge in [0.1, 0.15) is 0 Å². The van der Waals surface area contributed by atoms with Gasteiger partial charge in [0.25, 0.3) is 0 Å². The number of aromatic nitrogens is 2. The molecule has 1 aliphatic heterocycles. The van der Waals surface area contributed by atoms with Crippen molar-refractivity contribution in [2.45, 2.75) is 45.7 Å². The third-order valence-electron chi connectivity index (χ3n) is 4.09. The standard InChI is InChI=1S/C14H25N3O3S/c1-11-14(9-15-6-3-4-7-18)12(2)17(16-11)13-5-8-21(19,20)10-13/h13,15,18H,3-10H2,1-2H3. The molecule has 1 aromatic heterocycles. The van der Waals surface area contributed by atoms with E-state index in [-0.39, 0.29) is 24.2 Å². The Morgan fingerprint density at radius 2 is 2.14 bits per heavy atom. The number of aliphatic hydroxyl groups is 1. The molecule has 7 heteroatoms. The Bertz CT molecular complexity index is 581. The highest BCUT2D eigenvalue weighted by atomic mass is 32.2. The lowest BCUT2D eigenvalue weighted by molar-refractivity contribution is 0.283. The van der Waals surface area contributed by atoms with Crippen molar-refractivity contribution in [3.63, 3.8) is 0 Å². The molecular weight excluding hydrogens is 290 g/mol. The fraction of sp³-hybridized carbons (Fsp3) is 0.786. The summed E-state index contributed by atoms with van der Waals surface area (Å²) in [6.07, 6.45) is 2.42. The lowest BCUT2D eigenvalue weighted by Crippen LogP contribution is -2.17. The highest BCUT2D eigenvalue weighted by Crippen LogP contribution is 2.26. The highest BCUT2D eigenvalue weighted by molar-refractivity contribution is 7.91. The lowest BCUT2D eigenvalue weighted by atomic mass is 10.2. The third kappa shape index (κ3) is 4.05. The zero-order chi connectivity index (χ0) is 15.5. The molecule has 6 nitrogen and oxygen atoms in total. The number of nitrogens with zero attached hydrogens (tertiary/aromatic N) is 2. The average Bonchev–Trinajstić information content (AvgIpc) is 2.91. The molecule has 1 saturated heterocycles. The van der Waals surface area contributed by atoms with E-state index in [1.807, 2.05) is 18.5 Å². The van der Waals surface area contributed by atoms with Gasteiger partial charge in [0, 0.05) is 24.4 Å². The van der Waals surface area contributed by atoms with Crippen LogP contribution in [-0.4, -0.2) is 48.0 Å². The van der Waals surface area contributed by atoms with Gasteiger partial charge in [-0.15, -0.1) is 0 Å². The first kappa shape index (κ1) is 16.5. The maximum absolute atomic E-state index is 11.6.